The summed E-state index contributed by atoms with van der Waals surface area (Å²) < 4.78 is 5.03. The van der Waals surface area contributed by atoms with Crippen molar-refractivity contribution in [1.29, 1.82) is 0 Å². The highest BCUT2D eigenvalue weighted by Crippen LogP contribution is 2.22. The molecule has 94 valence electrons. The number of hydrogen-bond donors (Lipinski definition) is 1. The normalized spacial score (nSPS) is 16.4. The third-order valence-electron chi connectivity index (χ3n) is 2.24. The van der Waals surface area contributed by atoms with E-state index in [0.29, 0.717) is 11.3 Å². The predicted octanol–water partition coefficient (Wildman–Crippen LogP) is 2.63. The minimum Gasteiger partial charge on any atom is -0.442 e. The maximum Gasteiger partial charge on any atom is 0.436 e. The van der Waals surface area contributed by atoms with Gasteiger partial charge in [-0.25, -0.2) is 4.79 Å². The molecular formula is C13H14N2O3. The Bertz CT molecular complexity index is 541. The number of para-hydroxylation sites is 1. The quantitative estimate of drug-likeness (QED) is 0.764. The largest absolute Gasteiger partial charge is 0.442 e. The Morgan fingerprint density at radius 2 is 1.94 bits per heavy atom. The van der Waals surface area contributed by atoms with Crippen LogP contribution in [0.2, 0.25) is 0 Å². The molecule has 0 aliphatic carbocycles. The lowest BCUT2D eigenvalue weighted by Gasteiger charge is -2.17. The van der Waals surface area contributed by atoms with Gasteiger partial charge in [0.1, 0.15) is 5.60 Å². The van der Waals surface area contributed by atoms with Gasteiger partial charge in [0.05, 0.1) is 5.69 Å². The number of nitrogens with zero attached hydrogens (tertiary/aromatic N) is 1. The number of amidine groups is 1. The van der Waals surface area contributed by atoms with Crippen LogP contribution in [0.25, 0.3) is 0 Å². The standard InChI is InChI=1S/C13H14N2O3/c1-13(2,3)18-12(17)15-11-10(16)8-6-4-5-7-9(8)14-11/h4-7H,1-3H3,(H,14,15,16,17). The lowest BCUT2D eigenvalue weighted by molar-refractivity contribution is 0.0602. The minimum atomic E-state index is -0.772. The molecule has 1 heterocycles. The Morgan fingerprint density at radius 1 is 1.28 bits per heavy atom. The zero-order valence-electron chi connectivity index (χ0n) is 10.5. The smallest absolute Gasteiger partial charge is 0.436 e. The van der Waals surface area contributed by atoms with Crippen LogP contribution in [0.15, 0.2) is 29.3 Å². The van der Waals surface area contributed by atoms with Crippen LogP contribution in [0.3, 0.4) is 0 Å². The maximum absolute atomic E-state index is 11.9. The molecular weight excluding hydrogens is 232 g/mol. The van der Waals surface area contributed by atoms with Crippen molar-refractivity contribution in [2.24, 2.45) is 4.99 Å². The van der Waals surface area contributed by atoms with Crippen molar-refractivity contribution in [3.05, 3.63) is 29.8 Å². The van der Waals surface area contributed by atoms with Crippen molar-refractivity contribution in [2.75, 3.05) is 5.32 Å². The fraction of sp³-hybridized carbons (Fsp3) is 0.308. The minimum absolute atomic E-state index is 0.00505. The van der Waals surface area contributed by atoms with Gasteiger partial charge in [0, 0.05) is 5.56 Å². The Morgan fingerprint density at radius 3 is 2.56 bits per heavy atom. The molecule has 1 amide bonds. The van der Waals surface area contributed by atoms with Gasteiger partial charge in [0.2, 0.25) is 5.78 Å². The molecule has 0 saturated heterocycles. The second kappa shape index (κ2) is 4.25. The van der Waals surface area contributed by atoms with E-state index >= 15 is 0 Å². The summed E-state index contributed by atoms with van der Waals surface area (Å²) in [4.78, 5) is 27.1. The molecule has 0 unspecified atom stereocenters. The van der Waals surface area contributed by atoms with E-state index in [1.807, 2.05) is 0 Å². The third-order valence-corrected chi connectivity index (χ3v) is 2.24. The Hall–Kier alpha value is -2.17. The van der Waals surface area contributed by atoms with Gasteiger partial charge in [0.15, 0.2) is 5.84 Å². The summed E-state index contributed by atoms with van der Waals surface area (Å²) in [5.41, 5.74) is 0.542. The number of aliphatic imine (C=N–C) groups is 1. The van der Waals surface area contributed by atoms with E-state index in [4.69, 9.17) is 4.74 Å². The van der Waals surface area contributed by atoms with Crippen LogP contribution in [0.4, 0.5) is 10.5 Å². The second-order valence-corrected chi connectivity index (χ2v) is 4.94. The van der Waals surface area contributed by atoms with Crippen LogP contribution in [0.5, 0.6) is 0 Å². The molecule has 1 aliphatic rings. The molecule has 0 saturated carbocycles. The van der Waals surface area contributed by atoms with Crippen molar-refractivity contribution < 1.29 is 14.3 Å². The van der Waals surface area contributed by atoms with Crippen LogP contribution < -0.4 is 5.32 Å². The van der Waals surface area contributed by atoms with E-state index in [1.165, 1.54) is 0 Å². The number of amides is 1. The van der Waals surface area contributed by atoms with Gasteiger partial charge < -0.3 is 10.1 Å². The van der Waals surface area contributed by atoms with Gasteiger partial charge in [-0.3, -0.25) is 4.79 Å². The average molecular weight is 246 g/mol. The van der Waals surface area contributed by atoms with E-state index in [9.17, 15) is 9.59 Å². The Labute approximate surface area is 105 Å². The first-order valence-electron chi connectivity index (χ1n) is 5.59. The number of carbonyl (C=O) groups is 2. The number of ketones is 1. The number of fused-ring (bicyclic) bond motifs is 1. The molecule has 2 rings (SSSR count). The highest BCUT2D eigenvalue weighted by atomic mass is 16.6. The topological polar surface area (TPSA) is 67.8 Å². The van der Waals surface area contributed by atoms with Gasteiger partial charge in [-0.15, -0.1) is 0 Å². The monoisotopic (exact) mass is 246 g/mol. The number of anilines is 1. The van der Waals surface area contributed by atoms with Gasteiger partial charge >= 0.3 is 6.09 Å². The molecule has 0 bridgehead atoms. The summed E-state index contributed by atoms with van der Waals surface area (Å²) in [6, 6.07) is 7.00. The molecule has 5 heteroatoms. The second-order valence-electron chi connectivity index (χ2n) is 4.94. The molecule has 1 aromatic rings. The highest BCUT2D eigenvalue weighted by molar-refractivity contribution is 6.54. The Balaban J connectivity index is 2.19. The lowest BCUT2D eigenvalue weighted by atomic mass is 10.1. The predicted molar refractivity (Wildman–Crippen MR) is 68.1 cm³/mol. The summed E-state index contributed by atoms with van der Waals surface area (Å²) in [7, 11) is 0. The van der Waals surface area contributed by atoms with E-state index in [0.717, 1.165) is 0 Å². The van der Waals surface area contributed by atoms with Gasteiger partial charge in [-0.2, -0.15) is 4.99 Å². The lowest BCUT2D eigenvalue weighted by Crippen LogP contribution is -2.24. The zero-order chi connectivity index (χ0) is 13.3. The zero-order valence-corrected chi connectivity index (χ0v) is 10.5. The third kappa shape index (κ3) is 2.56. The van der Waals surface area contributed by atoms with Gasteiger partial charge in [0.25, 0.3) is 0 Å². The molecule has 0 atom stereocenters. The number of carbonyl (C=O) groups excluding carboxylic acids is 2. The van der Waals surface area contributed by atoms with Gasteiger partial charge in [-0.1, -0.05) is 12.1 Å². The average Bonchev–Trinajstić information content (AvgIpc) is 2.54. The van der Waals surface area contributed by atoms with Crippen LogP contribution in [0.1, 0.15) is 31.1 Å². The van der Waals surface area contributed by atoms with Crippen LogP contribution >= 0.6 is 0 Å². The molecule has 0 spiro atoms. The van der Waals surface area contributed by atoms with Crippen molar-refractivity contribution in [2.45, 2.75) is 26.4 Å². The van der Waals surface area contributed by atoms with E-state index in [1.54, 1.807) is 45.0 Å². The van der Waals surface area contributed by atoms with Gasteiger partial charge in [-0.05, 0) is 32.9 Å². The van der Waals surface area contributed by atoms with Crippen LogP contribution in [0, 0.1) is 0 Å². The number of ether oxygens (including phenoxy) is 1. The molecule has 1 aliphatic heterocycles. The fourth-order valence-corrected chi connectivity index (χ4v) is 1.56. The van der Waals surface area contributed by atoms with Crippen molar-refractivity contribution in [3.63, 3.8) is 0 Å². The molecule has 1 aromatic carbocycles. The van der Waals surface area contributed by atoms with Crippen LogP contribution in [-0.4, -0.2) is 23.3 Å². The summed E-state index contributed by atoms with van der Waals surface area (Å²) >= 11 is 0. The van der Waals surface area contributed by atoms with Crippen LogP contribution in [-0.2, 0) is 4.74 Å². The summed E-state index contributed by atoms with van der Waals surface area (Å²) in [6.07, 6.45) is -0.772. The van der Waals surface area contributed by atoms with E-state index < -0.39 is 11.7 Å². The first-order chi connectivity index (χ1) is 8.37. The number of hydrogen-bond acceptors (Lipinski definition) is 3. The van der Waals surface area contributed by atoms with E-state index in [2.05, 4.69) is 10.3 Å². The van der Waals surface area contributed by atoms with Crippen molar-refractivity contribution in [1.82, 2.24) is 0 Å². The highest BCUT2D eigenvalue weighted by Gasteiger charge is 2.27. The molecule has 0 aromatic heterocycles. The van der Waals surface area contributed by atoms with E-state index in [-0.39, 0.29) is 11.6 Å². The first kappa shape index (κ1) is 12.3. The Kier molecular flexibility index (Phi) is 2.90. The van der Waals surface area contributed by atoms with Crippen molar-refractivity contribution in [3.8, 4) is 0 Å². The molecule has 0 fully saturated rings. The molecule has 1 N–H and O–H groups in total. The maximum atomic E-state index is 11.9. The number of rotatable bonds is 0. The summed E-state index contributed by atoms with van der Waals surface area (Å²) in [5.74, 6) is -0.290. The number of nitrogens with one attached hydrogen (secondary N) is 1. The summed E-state index contributed by atoms with van der Waals surface area (Å²) in [5, 5.41) is 2.80. The summed E-state index contributed by atoms with van der Waals surface area (Å²) in [6.45, 7) is 5.22. The van der Waals surface area contributed by atoms with Crippen molar-refractivity contribution >= 4 is 23.4 Å². The number of Topliss-reactive ketones (excluding diaryl/α,β-unsaturated/α-hetero) is 1. The molecule has 0 radical (unpaired) electrons. The fourth-order valence-electron chi connectivity index (χ4n) is 1.56. The molecule has 18 heavy (non-hydrogen) atoms. The SMILES string of the molecule is CC(C)(C)OC(=O)N=C1Nc2ccccc2C1=O. The first-order valence-corrected chi connectivity index (χ1v) is 5.59. The number of benzene rings is 1. The molecule has 5 nitrogen and oxygen atoms in total.